The molecule has 1 aromatic rings. The standard InChI is InChI=1S/C15H26ClN3O/c1-8-20-15(6,7)9-17-12-10(2)11(16)18-13(19-12)14(3,4)5/h8-9H2,1-7H3,(H,17,18,19). The molecule has 0 amide bonds. The van der Waals surface area contributed by atoms with Crippen LogP contribution in [0, 0.1) is 6.92 Å². The number of aromatic nitrogens is 2. The van der Waals surface area contributed by atoms with E-state index in [1.807, 2.05) is 27.7 Å². The fourth-order valence-electron chi connectivity index (χ4n) is 1.74. The van der Waals surface area contributed by atoms with Gasteiger partial charge in [0.1, 0.15) is 16.8 Å². The van der Waals surface area contributed by atoms with Gasteiger partial charge in [-0.1, -0.05) is 32.4 Å². The first-order valence-corrected chi connectivity index (χ1v) is 7.37. The summed E-state index contributed by atoms with van der Waals surface area (Å²) >= 11 is 6.21. The van der Waals surface area contributed by atoms with Crippen LogP contribution in [-0.2, 0) is 10.2 Å². The summed E-state index contributed by atoms with van der Waals surface area (Å²) in [5.74, 6) is 1.52. The predicted molar refractivity (Wildman–Crippen MR) is 84.7 cm³/mol. The fourth-order valence-corrected chi connectivity index (χ4v) is 1.90. The molecule has 20 heavy (non-hydrogen) atoms. The van der Waals surface area contributed by atoms with Gasteiger partial charge in [0.2, 0.25) is 0 Å². The van der Waals surface area contributed by atoms with Gasteiger partial charge in [0.05, 0.1) is 5.60 Å². The van der Waals surface area contributed by atoms with Crippen LogP contribution in [0.25, 0.3) is 0 Å². The molecule has 5 heteroatoms. The molecule has 1 heterocycles. The Kier molecular flexibility index (Phi) is 5.39. The van der Waals surface area contributed by atoms with Crippen LogP contribution in [0.4, 0.5) is 5.82 Å². The Hall–Kier alpha value is -0.870. The molecule has 0 atom stereocenters. The molecule has 0 fully saturated rings. The highest BCUT2D eigenvalue weighted by Gasteiger charge is 2.22. The number of anilines is 1. The van der Waals surface area contributed by atoms with Crippen LogP contribution in [0.5, 0.6) is 0 Å². The van der Waals surface area contributed by atoms with Crippen molar-refractivity contribution in [2.24, 2.45) is 0 Å². The summed E-state index contributed by atoms with van der Waals surface area (Å²) in [7, 11) is 0. The van der Waals surface area contributed by atoms with Crippen molar-refractivity contribution in [3.8, 4) is 0 Å². The monoisotopic (exact) mass is 299 g/mol. The Balaban J connectivity index is 2.98. The summed E-state index contributed by atoms with van der Waals surface area (Å²) in [6.07, 6.45) is 0. The van der Waals surface area contributed by atoms with Crippen molar-refractivity contribution in [3.63, 3.8) is 0 Å². The molecule has 0 unspecified atom stereocenters. The first-order chi connectivity index (χ1) is 9.07. The van der Waals surface area contributed by atoms with Crippen molar-refractivity contribution in [1.29, 1.82) is 0 Å². The zero-order chi connectivity index (χ0) is 15.6. The second-order valence-corrected chi connectivity index (χ2v) is 6.97. The van der Waals surface area contributed by atoms with Crippen molar-refractivity contribution in [1.82, 2.24) is 9.97 Å². The second kappa shape index (κ2) is 6.27. The zero-order valence-corrected chi connectivity index (χ0v) is 14.4. The molecule has 0 aromatic carbocycles. The molecule has 0 radical (unpaired) electrons. The van der Waals surface area contributed by atoms with E-state index in [1.54, 1.807) is 0 Å². The molecule has 1 rings (SSSR count). The lowest BCUT2D eigenvalue weighted by Gasteiger charge is -2.26. The van der Waals surface area contributed by atoms with E-state index in [0.717, 1.165) is 17.2 Å². The van der Waals surface area contributed by atoms with Gasteiger partial charge in [0, 0.05) is 24.1 Å². The molecule has 4 nitrogen and oxygen atoms in total. The summed E-state index contributed by atoms with van der Waals surface area (Å²) in [6, 6.07) is 0. The highest BCUT2D eigenvalue weighted by atomic mass is 35.5. The number of nitrogens with zero attached hydrogens (tertiary/aromatic N) is 2. The van der Waals surface area contributed by atoms with Gasteiger partial charge in [0.15, 0.2) is 0 Å². The number of nitrogens with one attached hydrogen (secondary N) is 1. The van der Waals surface area contributed by atoms with E-state index in [4.69, 9.17) is 16.3 Å². The van der Waals surface area contributed by atoms with Gasteiger partial charge < -0.3 is 10.1 Å². The van der Waals surface area contributed by atoms with Crippen LogP contribution in [0.1, 0.15) is 52.9 Å². The molecule has 0 aliphatic rings. The van der Waals surface area contributed by atoms with Crippen LogP contribution in [-0.4, -0.2) is 28.7 Å². The Bertz CT molecular complexity index is 467. The normalized spacial score (nSPS) is 12.6. The predicted octanol–water partition coefficient (Wildman–Crippen LogP) is 3.96. The van der Waals surface area contributed by atoms with Crippen LogP contribution in [0.2, 0.25) is 5.15 Å². The summed E-state index contributed by atoms with van der Waals surface area (Å²) in [4.78, 5) is 8.97. The number of hydrogen-bond donors (Lipinski definition) is 1. The minimum atomic E-state index is -0.249. The highest BCUT2D eigenvalue weighted by molar-refractivity contribution is 6.30. The third-order valence-corrected chi connectivity index (χ3v) is 3.34. The van der Waals surface area contributed by atoms with Gasteiger partial charge >= 0.3 is 0 Å². The van der Waals surface area contributed by atoms with Crippen LogP contribution in [0.3, 0.4) is 0 Å². The Morgan fingerprint density at radius 3 is 2.25 bits per heavy atom. The summed E-state index contributed by atoms with van der Waals surface area (Å²) in [5.41, 5.74) is 0.482. The van der Waals surface area contributed by atoms with E-state index in [2.05, 4.69) is 36.1 Å². The molecule has 0 aliphatic carbocycles. The van der Waals surface area contributed by atoms with E-state index < -0.39 is 0 Å². The van der Waals surface area contributed by atoms with Gasteiger partial charge in [-0.25, -0.2) is 9.97 Å². The lowest BCUT2D eigenvalue weighted by molar-refractivity contribution is 0.000630. The molecule has 0 aliphatic heterocycles. The van der Waals surface area contributed by atoms with E-state index in [9.17, 15) is 0 Å². The lowest BCUT2D eigenvalue weighted by Crippen LogP contribution is -2.34. The Morgan fingerprint density at radius 2 is 1.75 bits per heavy atom. The number of ether oxygens (including phenoxy) is 1. The third kappa shape index (κ3) is 4.60. The fraction of sp³-hybridized carbons (Fsp3) is 0.733. The molecule has 1 aromatic heterocycles. The van der Waals surface area contributed by atoms with Crippen molar-refractivity contribution in [2.45, 2.75) is 59.5 Å². The van der Waals surface area contributed by atoms with Crippen LogP contribution < -0.4 is 5.32 Å². The molecule has 114 valence electrons. The van der Waals surface area contributed by atoms with E-state index in [0.29, 0.717) is 18.3 Å². The molecular weight excluding hydrogens is 274 g/mol. The number of halogens is 1. The number of rotatable bonds is 5. The average Bonchev–Trinajstić information content (AvgIpc) is 2.29. The zero-order valence-electron chi connectivity index (χ0n) is 13.6. The Labute approximate surface area is 127 Å². The molecule has 0 bridgehead atoms. The smallest absolute Gasteiger partial charge is 0.137 e. The molecular formula is C15H26ClN3O. The van der Waals surface area contributed by atoms with E-state index in [-0.39, 0.29) is 11.0 Å². The average molecular weight is 300 g/mol. The molecule has 0 saturated carbocycles. The topological polar surface area (TPSA) is 47.0 Å². The molecule has 1 N–H and O–H groups in total. The third-order valence-electron chi connectivity index (χ3n) is 2.97. The van der Waals surface area contributed by atoms with Crippen LogP contribution >= 0.6 is 11.6 Å². The maximum Gasteiger partial charge on any atom is 0.137 e. The summed E-state index contributed by atoms with van der Waals surface area (Å²) < 4.78 is 5.68. The van der Waals surface area contributed by atoms with Crippen molar-refractivity contribution < 1.29 is 4.74 Å². The van der Waals surface area contributed by atoms with Gasteiger partial charge in [-0.2, -0.15) is 0 Å². The molecule has 0 spiro atoms. The van der Waals surface area contributed by atoms with Gasteiger partial charge in [0.25, 0.3) is 0 Å². The van der Waals surface area contributed by atoms with Crippen molar-refractivity contribution in [2.75, 3.05) is 18.5 Å². The maximum atomic E-state index is 6.21. The minimum Gasteiger partial charge on any atom is -0.374 e. The van der Waals surface area contributed by atoms with Crippen LogP contribution in [0.15, 0.2) is 0 Å². The maximum absolute atomic E-state index is 6.21. The number of hydrogen-bond acceptors (Lipinski definition) is 4. The SMILES string of the molecule is CCOC(C)(C)CNc1nc(C(C)(C)C)nc(Cl)c1C. The van der Waals surface area contributed by atoms with E-state index in [1.165, 1.54) is 0 Å². The van der Waals surface area contributed by atoms with Gasteiger partial charge in [-0.15, -0.1) is 0 Å². The van der Waals surface area contributed by atoms with Gasteiger partial charge in [-0.05, 0) is 27.7 Å². The Morgan fingerprint density at radius 1 is 1.15 bits per heavy atom. The molecule has 0 saturated heterocycles. The highest BCUT2D eigenvalue weighted by Crippen LogP contribution is 2.26. The minimum absolute atomic E-state index is 0.136. The summed E-state index contributed by atoms with van der Waals surface area (Å²) in [5, 5.41) is 3.83. The first-order valence-electron chi connectivity index (χ1n) is 6.99. The van der Waals surface area contributed by atoms with Gasteiger partial charge in [-0.3, -0.25) is 0 Å². The van der Waals surface area contributed by atoms with Crippen molar-refractivity contribution in [3.05, 3.63) is 16.5 Å². The largest absolute Gasteiger partial charge is 0.374 e. The summed E-state index contributed by atoms with van der Waals surface area (Å²) in [6.45, 7) is 15.6. The quantitative estimate of drug-likeness (QED) is 0.836. The first kappa shape index (κ1) is 17.2. The van der Waals surface area contributed by atoms with E-state index >= 15 is 0 Å². The second-order valence-electron chi connectivity index (χ2n) is 6.61. The lowest BCUT2D eigenvalue weighted by atomic mass is 9.95. The van der Waals surface area contributed by atoms with Crippen molar-refractivity contribution >= 4 is 17.4 Å².